The van der Waals surface area contributed by atoms with Crippen LogP contribution in [0.3, 0.4) is 0 Å². The van der Waals surface area contributed by atoms with Crippen LogP contribution in [0.2, 0.25) is 5.02 Å². The number of nitrogens with one attached hydrogen (secondary N) is 1. The standard InChI is InChI=1S/C12H15ClN4O/c1-14-6-9-5-10(13)3-4-12(9)18-8-11-7-17(2)16-15-11/h3-5,7,14H,6,8H2,1-2H3. The maximum Gasteiger partial charge on any atom is 0.134 e. The van der Waals surface area contributed by atoms with Gasteiger partial charge in [-0.05, 0) is 25.2 Å². The molecule has 0 saturated carbocycles. The molecule has 0 fully saturated rings. The van der Waals surface area contributed by atoms with Crippen molar-refractivity contribution in [1.29, 1.82) is 0 Å². The van der Waals surface area contributed by atoms with Crippen LogP contribution in [-0.2, 0) is 20.2 Å². The zero-order chi connectivity index (χ0) is 13.0. The number of aryl methyl sites for hydroxylation is 1. The van der Waals surface area contributed by atoms with Crippen molar-refractivity contribution in [2.75, 3.05) is 7.05 Å². The average molecular weight is 267 g/mol. The lowest BCUT2D eigenvalue weighted by atomic mass is 10.2. The lowest BCUT2D eigenvalue weighted by molar-refractivity contribution is 0.297. The molecule has 0 saturated heterocycles. The van der Waals surface area contributed by atoms with E-state index in [1.165, 1.54) is 0 Å². The Bertz CT molecular complexity index is 527. The molecule has 0 aliphatic carbocycles. The van der Waals surface area contributed by atoms with Crippen LogP contribution < -0.4 is 10.1 Å². The van der Waals surface area contributed by atoms with Gasteiger partial charge in [0.2, 0.25) is 0 Å². The third-order valence-electron chi connectivity index (χ3n) is 2.42. The van der Waals surface area contributed by atoms with Gasteiger partial charge in [0, 0.05) is 24.2 Å². The Labute approximate surface area is 111 Å². The SMILES string of the molecule is CNCc1cc(Cl)ccc1OCc1cn(C)nn1. The van der Waals surface area contributed by atoms with Gasteiger partial charge in [0.05, 0.1) is 6.20 Å². The molecule has 2 rings (SSSR count). The van der Waals surface area contributed by atoms with Crippen molar-refractivity contribution < 1.29 is 4.74 Å². The minimum Gasteiger partial charge on any atom is -0.487 e. The molecular weight excluding hydrogens is 252 g/mol. The summed E-state index contributed by atoms with van der Waals surface area (Å²) in [5, 5.41) is 11.6. The number of aromatic nitrogens is 3. The van der Waals surface area contributed by atoms with Crippen molar-refractivity contribution in [2.24, 2.45) is 7.05 Å². The highest BCUT2D eigenvalue weighted by Gasteiger charge is 2.06. The molecule has 5 nitrogen and oxygen atoms in total. The molecule has 0 aliphatic rings. The smallest absolute Gasteiger partial charge is 0.134 e. The topological polar surface area (TPSA) is 52.0 Å². The first-order valence-electron chi connectivity index (χ1n) is 5.60. The van der Waals surface area contributed by atoms with E-state index in [0.29, 0.717) is 18.2 Å². The fourth-order valence-corrected chi connectivity index (χ4v) is 1.83. The van der Waals surface area contributed by atoms with Crippen molar-refractivity contribution in [3.63, 3.8) is 0 Å². The fraction of sp³-hybridized carbons (Fsp3) is 0.333. The number of benzene rings is 1. The van der Waals surface area contributed by atoms with Crippen LogP contribution in [0.4, 0.5) is 0 Å². The molecule has 0 spiro atoms. The van der Waals surface area contributed by atoms with Crippen molar-refractivity contribution in [3.8, 4) is 5.75 Å². The summed E-state index contributed by atoms with van der Waals surface area (Å²) in [6, 6.07) is 5.57. The Balaban J connectivity index is 2.08. The molecule has 1 N–H and O–H groups in total. The molecular formula is C12H15ClN4O. The lowest BCUT2D eigenvalue weighted by Crippen LogP contribution is -2.07. The van der Waals surface area contributed by atoms with Gasteiger partial charge in [-0.25, -0.2) is 0 Å². The summed E-state index contributed by atoms with van der Waals surface area (Å²) in [5.74, 6) is 0.805. The van der Waals surface area contributed by atoms with Crippen molar-refractivity contribution >= 4 is 11.6 Å². The quantitative estimate of drug-likeness (QED) is 0.896. The van der Waals surface area contributed by atoms with E-state index >= 15 is 0 Å². The highest BCUT2D eigenvalue weighted by Crippen LogP contribution is 2.23. The van der Waals surface area contributed by atoms with E-state index in [0.717, 1.165) is 17.0 Å². The Hall–Kier alpha value is -1.59. The zero-order valence-electron chi connectivity index (χ0n) is 10.4. The van der Waals surface area contributed by atoms with E-state index in [4.69, 9.17) is 16.3 Å². The molecule has 0 unspecified atom stereocenters. The highest BCUT2D eigenvalue weighted by molar-refractivity contribution is 6.30. The van der Waals surface area contributed by atoms with Gasteiger partial charge in [0.1, 0.15) is 18.1 Å². The summed E-state index contributed by atoms with van der Waals surface area (Å²) >= 11 is 5.96. The Morgan fingerprint density at radius 3 is 2.94 bits per heavy atom. The minimum absolute atomic E-state index is 0.395. The molecule has 1 aromatic carbocycles. The summed E-state index contributed by atoms with van der Waals surface area (Å²) in [5.41, 5.74) is 1.82. The number of hydrogen-bond acceptors (Lipinski definition) is 4. The van der Waals surface area contributed by atoms with E-state index in [2.05, 4.69) is 15.6 Å². The molecule has 0 bridgehead atoms. The number of nitrogens with zero attached hydrogens (tertiary/aromatic N) is 3. The van der Waals surface area contributed by atoms with Crippen LogP contribution in [0.5, 0.6) is 5.75 Å². The van der Waals surface area contributed by atoms with Crippen LogP contribution in [0.1, 0.15) is 11.3 Å². The van der Waals surface area contributed by atoms with Gasteiger partial charge in [0.25, 0.3) is 0 Å². The molecule has 0 amide bonds. The third kappa shape index (κ3) is 3.21. The van der Waals surface area contributed by atoms with Gasteiger partial charge in [0.15, 0.2) is 0 Å². The summed E-state index contributed by atoms with van der Waals surface area (Å²) in [4.78, 5) is 0. The van der Waals surface area contributed by atoms with Crippen molar-refractivity contribution in [1.82, 2.24) is 20.3 Å². The molecule has 96 valence electrons. The number of hydrogen-bond donors (Lipinski definition) is 1. The predicted octanol–water partition coefficient (Wildman–Crippen LogP) is 1.77. The third-order valence-corrected chi connectivity index (χ3v) is 2.65. The van der Waals surface area contributed by atoms with E-state index in [-0.39, 0.29) is 0 Å². The van der Waals surface area contributed by atoms with Gasteiger partial charge >= 0.3 is 0 Å². The maximum absolute atomic E-state index is 5.96. The predicted molar refractivity (Wildman–Crippen MR) is 69.6 cm³/mol. The van der Waals surface area contributed by atoms with Crippen LogP contribution in [0, 0.1) is 0 Å². The molecule has 18 heavy (non-hydrogen) atoms. The Morgan fingerprint density at radius 1 is 1.44 bits per heavy atom. The van der Waals surface area contributed by atoms with Gasteiger partial charge in [-0.3, -0.25) is 4.68 Å². The van der Waals surface area contributed by atoms with Crippen LogP contribution in [0.25, 0.3) is 0 Å². The van der Waals surface area contributed by atoms with Gasteiger partial charge < -0.3 is 10.1 Å². The summed E-state index contributed by atoms with van der Waals surface area (Å²) in [6.45, 7) is 1.10. The second-order valence-electron chi connectivity index (χ2n) is 3.95. The Morgan fingerprint density at radius 2 is 2.28 bits per heavy atom. The first-order valence-corrected chi connectivity index (χ1v) is 5.98. The van der Waals surface area contributed by atoms with Crippen LogP contribution >= 0.6 is 11.6 Å². The normalized spacial score (nSPS) is 10.6. The average Bonchev–Trinajstić information content (AvgIpc) is 2.75. The zero-order valence-corrected chi connectivity index (χ0v) is 11.1. The fourth-order valence-electron chi connectivity index (χ4n) is 1.63. The maximum atomic E-state index is 5.96. The van der Waals surface area contributed by atoms with E-state index in [9.17, 15) is 0 Å². The molecule has 1 aromatic heterocycles. The van der Waals surface area contributed by atoms with Crippen LogP contribution in [-0.4, -0.2) is 22.0 Å². The summed E-state index contributed by atoms with van der Waals surface area (Å²) in [6.07, 6.45) is 1.83. The van der Waals surface area contributed by atoms with E-state index in [1.807, 2.05) is 38.5 Å². The van der Waals surface area contributed by atoms with E-state index in [1.54, 1.807) is 4.68 Å². The van der Waals surface area contributed by atoms with E-state index < -0.39 is 0 Å². The second kappa shape index (κ2) is 5.84. The first-order chi connectivity index (χ1) is 8.69. The molecule has 2 aromatic rings. The molecule has 0 aliphatic heterocycles. The summed E-state index contributed by atoms with van der Waals surface area (Å²) < 4.78 is 7.38. The van der Waals surface area contributed by atoms with Crippen LogP contribution in [0.15, 0.2) is 24.4 Å². The summed E-state index contributed by atoms with van der Waals surface area (Å²) in [7, 11) is 3.71. The monoisotopic (exact) mass is 266 g/mol. The number of ether oxygens (including phenoxy) is 1. The van der Waals surface area contributed by atoms with Crippen molar-refractivity contribution in [2.45, 2.75) is 13.2 Å². The highest BCUT2D eigenvalue weighted by atomic mass is 35.5. The first kappa shape index (κ1) is 12.9. The minimum atomic E-state index is 0.395. The van der Waals surface area contributed by atoms with Gasteiger partial charge in [-0.1, -0.05) is 16.8 Å². The Kier molecular flexibility index (Phi) is 4.17. The second-order valence-corrected chi connectivity index (χ2v) is 4.39. The molecule has 1 heterocycles. The van der Waals surface area contributed by atoms with Gasteiger partial charge in [-0.15, -0.1) is 5.10 Å². The van der Waals surface area contributed by atoms with Crippen molar-refractivity contribution in [3.05, 3.63) is 40.7 Å². The molecule has 0 atom stereocenters. The largest absolute Gasteiger partial charge is 0.487 e. The number of halogens is 1. The van der Waals surface area contributed by atoms with Gasteiger partial charge in [-0.2, -0.15) is 0 Å². The lowest BCUT2D eigenvalue weighted by Gasteiger charge is -2.10. The molecule has 0 radical (unpaired) electrons. The number of rotatable bonds is 5. The molecule has 6 heteroatoms.